The van der Waals surface area contributed by atoms with Crippen LogP contribution in [0.1, 0.15) is 13.3 Å². The van der Waals surface area contributed by atoms with E-state index in [1.165, 1.54) is 0 Å². The van der Waals surface area contributed by atoms with Gasteiger partial charge in [0.25, 0.3) is 0 Å². The van der Waals surface area contributed by atoms with E-state index in [4.69, 9.17) is 9.57 Å². The van der Waals surface area contributed by atoms with Gasteiger partial charge in [0.15, 0.2) is 0 Å². The number of rotatable bonds is 6. The molecule has 0 spiro atoms. The van der Waals surface area contributed by atoms with Crippen LogP contribution in [0, 0.1) is 0 Å². The van der Waals surface area contributed by atoms with Gasteiger partial charge in [0.05, 0.1) is 20.8 Å². The van der Waals surface area contributed by atoms with Crippen LogP contribution in [0.15, 0.2) is 0 Å². The summed E-state index contributed by atoms with van der Waals surface area (Å²) in [7, 11) is 3.66. The zero-order chi connectivity index (χ0) is 7.82. The number of hydrogen-bond acceptors (Lipinski definition) is 2. The summed E-state index contributed by atoms with van der Waals surface area (Å²) in [5.74, 6) is 0. The lowest BCUT2D eigenvalue weighted by molar-refractivity contribution is -1.07. The molecular weight excluding hydrogens is 130 g/mol. The van der Waals surface area contributed by atoms with Gasteiger partial charge in [-0.3, -0.25) is 0 Å². The van der Waals surface area contributed by atoms with Crippen LogP contribution in [0.2, 0.25) is 0 Å². The third kappa shape index (κ3) is 6.01. The first-order valence-corrected chi connectivity index (χ1v) is 3.75. The average Bonchev–Trinajstić information content (AvgIpc) is 1.98. The van der Waals surface area contributed by atoms with Gasteiger partial charge in [-0.1, -0.05) is 6.92 Å². The van der Waals surface area contributed by atoms with E-state index in [1.54, 1.807) is 7.11 Å². The highest BCUT2D eigenvalue weighted by Gasteiger charge is 1.96. The molecule has 3 heteroatoms. The Morgan fingerprint density at radius 3 is 2.50 bits per heavy atom. The Morgan fingerprint density at radius 1 is 1.30 bits per heavy atom. The number of ether oxygens (including phenoxy) is 1. The maximum Gasteiger partial charge on any atom is 0.130 e. The highest BCUT2D eigenvalue weighted by molar-refractivity contribution is 4.25. The first kappa shape index (κ1) is 9.88. The molecule has 1 atom stereocenters. The minimum absolute atomic E-state index is 0.785. The quantitative estimate of drug-likeness (QED) is 0.405. The molecule has 1 unspecified atom stereocenters. The Labute approximate surface area is 62.9 Å². The monoisotopic (exact) mass is 148 g/mol. The number of hydroxylamine groups is 2. The lowest BCUT2D eigenvalue weighted by Gasteiger charge is -2.08. The smallest absolute Gasteiger partial charge is 0.130 e. The minimum Gasteiger partial charge on any atom is -0.375 e. The zero-order valence-electron chi connectivity index (χ0n) is 7.14. The number of hydrogen-bond donors (Lipinski definition) is 1. The molecular formula is C7H18NO2+. The topological polar surface area (TPSA) is 22.9 Å². The van der Waals surface area contributed by atoms with Gasteiger partial charge in [0.2, 0.25) is 0 Å². The first-order valence-electron chi connectivity index (χ1n) is 3.75. The molecule has 1 N–H and O–H groups in total. The normalized spacial score (nSPS) is 13.5. The molecule has 0 radical (unpaired) electrons. The highest BCUT2D eigenvalue weighted by atomic mass is 16.7. The molecule has 0 bridgehead atoms. The van der Waals surface area contributed by atoms with Gasteiger partial charge in [-0.15, -0.1) is 0 Å². The van der Waals surface area contributed by atoms with Gasteiger partial charge in [-0.05, 0) is 6.42 Å². The first-order chi connectivity index (χ1) is 4.81. The summed E-state index contributed by atoms with van der Waals surface area (Å²) >= 11 is 0. The fourth-order valence-electron chi connectivity index (χ4n) is 0.564. The summed E-state index contributed by atoms with van der Waals surface area (Å²) in [6.07, 6.45) is 1.09. The molecule has 0 aliphatic carbocycles. The van der Waals surface area contributed by atoms with Crippen LogP contribution in [0.5, 0.6) is 0 Å². The Balaban J connectivity index is 2.89. The number of nitrogens with one attached hydrogen (secondary N) is 1. The third-order valence-corrected chi connectivity index (χ3v) is 1.30. The molecule has 62 valence electrons. The van der Waals surface area contributed by atoms with Gasteiger partial charge in [0.1, 0.15) is 6.54 Å². The van der Waals surface area contributed by atoms with E-state index in [9.17, 15) is 0 Å². The molecule has 0 aromatic rings. The minimum atomic E-state index is 0.785. The van der Waals surface area contributed by atoms with Gasteiger partial charge < -0.3 is 4.74 Å². The second-order valence-electron chi connectivity index (χ2n) is 2.27. The van der Waals surface area contributed by atoms with Crippen molar-refractivity contribution in [1.29, 1.82) is 0 Å². The summed E-state index contributed by atoms with van der Waals surface area (Å²) in [4.78, 5) is 4.97. The number of quaternary nitrogens is 1. The standard InChI is InChI=1S/C7H17NO2/c1-4-6-10-7-5-8(2)9-3/h4-7H2,1-3H3/p+1. The SMILES string of the molecule is CCCOCC[NH+](C)OC. The van der Waals surface area contributed by atoms with Gasteiger partial charge in [-0.2, -0.15) is 5.06 Å². The predicted molar refractivity (Wildman–Crippen MR) is 39.9 cm³/mol. The molecule has 0 saturated heterocycles. The summed E-state index contributed by atoms with van der Waals surface area (Å²) in [5.41, 5.74) is 0. The van der Waals surface area contributed by atoms with E-state index >= 15 is 0 Å². The zero-order valence-corrected chi connectivity index (χ0v) is 7.14. The Kier molecular flexibility index (Phi) is 6.91. The van der Waals surface area contributed by atoms with Crippen LogP contribution in [0.4, 0.5) is 0 Å². The van der Waals surface area contributed by atoms with Crippen LogP contribution in [0.3, 0.4) is 0 Å². The highest BCUT2D eigenvalue weighted by Crippen LogP contribution is 1.76. The second-order valence-corrected chi connectivity index (χ2v) is 2.27. The summed E-state index contributed by atoms with van der Waals surface area (Å²) < 4.78 is 5.25. The van der Waals surface area contributed by atoms with E-state index in [1.807, 2.05) is 7.05 Å². The van der Waals surface area contributed by atoms with Crippen molar-refractivity contribution in [2.75, 3.05) is 33.9 Å². The van der Waals surface area contributed by atoms with Crippen molar-refractivity contribution in [2.45, 2.75) is 13.3 Å². The molecule has 0 aliphatic heterocycles. The molecule has 3 nitrogen and oxygen atoms in total. The predicted octanol–water partition coefficient (Wildman–Crippen LogP) is -0.511. The lowest BCUT2D eigenvalue weighted by Crippen LogP contribution is -3.08. The van der Waals surface area contributed by atoms with Crippen molar-refractivity contribution in [3.8, 4) is 0 Å². The van der Waals surface area contributed by atoms with Crippen molar-refractivity contribution in [3.63, 3.8) is 0 Å². The second kappa shape index (κ2) is 6.99. The molecule has 0 saturated carbocycles. The third-order valence-electron chi connectivity index (χ3n) is 1.30. The molecule has 0 heterocycles. The Hall–Kier alpha value is -0.120. The Morgan fingerprint density at radius 2 is 2.00 bits per heavy atom. The van der Waals surface area contributed by atoms with Crippen molar-refractivity contribution in [1.82, 2.24) is 0 Å². The van der Waals surface area contributed by atoms with Crippen LogP contribution in [-0.2, 0) is 9.57 Å². The molecule has 0 aromatic heterocycles. The molecule has 0 rings (SSSR count). The molecule has 0 aliphatic rings. The van der Waals surface area contributed by atoms with E-state index in [0.717, 1.165) is 31.2 Å². The van der Waals surface area contributed by atoms with Gasteiger partial charge in [-0.25, -0.2) is 4.84 Å². The van der Waals surface area contributed by atoms with Crippen LogP contribution >= 0.6 is 0 Å². The maximum absolute atomic E-state index is 5.25. The van der Waals surface area contributed by atoms with E-state index in [0.29, 0.717) is 0 Å². The van der Waals surface area contributed by atoms with Crippen LogP contribution in [0.25, 0.3) is 0 Å². The number of likely N-dealkylation sites (N-methyl/N-ethyl adjacent to an activating group) is 1. The Bertz CT molecular complexity index is 68.6. The van der Waals surface area contributed by atoms with Crippen molar-refractivity contribution < 1.29 is 14.6 Å². The summed E-state index contributed by atoms with van der Waals surface area (Å²) in [5, 5.41) is 1.04. The molecule has 0 aromatic carbocycles. The van der Waals surface area contributed by atoms with Crippen molar-refractivity contribution in [3.05, 3.63) is 0 Å². The van der Waals surface area contributed by atoms with Crippen LogP contribution < -0.4 is 5.06 Å². The van der Waals surface area contributed by atoms with Crippen molar-refractivity contribution >= 4 is 0 Å². The average molecular weight is 148 g/mol. The molecule has 0 amide bonds. The summed E-state index contributed by atoms with van der Waals surface area (Å²) in [6.45, 7) is 4.66. The van der Waals surface area contributed by atoms with E-state index in [2.05, 4.69) is 6.92 Å². The van der Waals surface area contributed by atoms with E-state index in [-0.39, 0.29) is 0 Å². The van der Waals surface area contributed by atoms with Crippen LogP contribution in [-0.4, -0.2) is 33.9 Å². The lowest BCUT2D eigenvalue weighted by atomic mass is 10.5. The largest absolute Gasteiger partial charge is 0.375 e. The van der Waals surface area contributed by atoms with E-state index < -0.39 is 0 Å². The van der Waals surface area contributed by atoms with Crippen molar-refractivity contribution in [2.24, 2.45) is 0 Å². The molecule has 10 heavy (non-hydrogen) atoms. The fraction of sp³-hybridized carbons (Fsp3) is 1.00. The summed E-state index contributed by atoms with van der Waals surface area (Å²) in [6, 6.07) is 0. The fourth-order valence-corrected chi connectivity index (χ4v) is 0.564. The van der Waals surface area contributed by atoms with Gasteiger partial charge in [0, 0.05) is 6.61 Å². The van der Waals surface area contributed by atoms with Gasteiger partial charge >= 0.3 is 0 Å². The maximum atomic E-state index is 5.25. The molecule has 0 fully saturated rings.